The second-order valence-corrected chi connectivity index (χ2v) is 6.93. The van der Waals surface area contributed by atoms with Crippen molar-refractivity contribution in [3.63, 3.8) is 0 Å². The van der Waals surface area contributed by atoms with Gasteiger partial charge in [-0.05, 0) is 36.6 Å². The highest BCUT2D eigenvalue weighted by Crippen LogP contribution is 2.38. The van der Waals surface area contributed by atoms with E-state index in [0.29, 0.717) is 24.2 Å². The highest BCUT2D eigenvalue weighted by Gasteiger charge is 2.47. The maximum Gasteiger partial charge on any atom is 0.238 e. The van der Waals surface area contributed by atoms with Gasteiger partial charge in [-0.2, -0.15) is 0 Å². The molecular formula is C22H20N2O3. The molecule has 0 spiro atoms. The number of carbonyl (C=O) groups excluding carboxylic acids is 3. The number of nitrogens with one attached hydrogen (secondary N) is 1. The van der Waals surface area contributed by atoms with E-state index < -0.39 is 0 Å². The standard InChI is InChI=1S/C22H20N2O3/c25-20(13-15-7-2-1-3-8-15)23-16-9-6-10-17(14-16)24-21(26)18-11-4-5-12-19(18)22(24)27/h1-10,14,18-19H,11-13H2,(H,23,25)/t18-,19-/m1/s1. The molecule has 1 fully saturated rings. The molecular weight excluding hydrogens is 340 g/mol. The van der Waals surface area contributed by atoms with Crippen LogP contribution in [0.5, 0.6) is 0 Å². The number of imide groups is 1. The van der Waals surface area contributed by atoms with Crippen LogP contribution >= 0.6 is 0 Å². The molecule has 0 aromatic heterocycles. The quantitative estimate of drug-likeness (QED) is 0.672. The van der Waals surface area contributed by atoms with Gasteiger partial charge in [0, 0.05) is 5.69 Å². The first kappa shape index (κ1) is 17.2. The van der Waals surface area contributed by atoms with E-state index in [0.717, 1.165) is 5.56 Å². The van der Waals surface area contributed by atoms with Gasteiger partial charge in [0.2, 0.25) is 17.7 Å². The van der Waals surface area contributed by atoms with Crippen LogP contribution < -0.4 is 10.2 Å². The van der Waals surface area contributed by atoms with Crippen LogP contribution in [-0.4, -0.2) is 17.7 Å². The molecule has 0 unspecified atom stereocenters. The molecule has 27 heavy (non-hydrogen) atoms. The number of amides is 3. The Morgan fingerprint density at radius 2 is 1.59 bits per heavy atom. The molecule has 5 nitrogen and oxygen atoms in total. The second kappa shape index (κ2) is 7.19. The summed E-state index contributed by atoms with van der Waals surface area (Å²) < 4.78 is 0. The Bertz CT molecular complexity index is 894. The second-order valence-electron chi connectivity index (χ2n) is 6.93. The molecule has 2 atom stereocenters. The SMILES string of the molecule is O=C(Cc1ccccc1)Nc1cccc(N2C(=O)[C@@H]3CC=CC[C@H]3C2=O)c1. The van der Waals surface area contributed by atoms with E-state index in [1.165, 1.54) is 4.90 Å². The van der Waals surface area contributed by atoms with E-state index in [4.69, 9.17) is 0 Å². The van der Waals surface area contributed by atoms with Gasteiger partial charge in [-0.15, -0.1) is 0 Å². The van der Waals surface area contributed by atoms with E-state index in [1.807, 2.05) is 42.5 Å². The van der Waals surface area contributed by atoms with Crippen molar-refractivity contribution in [2.75, 3.05) is 10.2 Å². The van der Waals surface area contributed by atoms with Crippen LogP contribution in [0, 0.1) is 11.8 Å². The summed E-state index contributed by atoms with van der Waals surface area (Å²) in [6.45, 7) is 0. The van der Waals surface area contributed by atoms with Gasteiger partial charge in [-0.25, -0.2) is 4.90 Å². The highest BCUT2D eigenvalue weighted by molar-refractivity contribution is 6.22. The summed E-state index contributed by atoms with van der Waals surface area (Å²) in [4.78, 5) is 39.0. The van der Waals surface area contributed by atoms with Crippen molar-refractivity contribution in [2.24, 2.45) is 11.8 Å². The summed E-state index contributed by atoms with van der Waals surface area (Å²) in [5.41, 5.74) is 2.01. The Morgan fingerprint density at radius 3 is 2.26 bits per heavy atom. The Labute approximate surface area is 157 Å². The first-order chi connectivity index (χ1) is 13.1. The van der Waals surface area contributed by atoms with Gasteiger partial charge in [0.1, 0.15) is 0 Å². The number of benzene rings is 2. The Morgan fingerprint density at radius 1 is 0.926 bits per heavy atom. The van der Waals surface area contributed by atoms with Crippen molar-refractivity contribution in [3.05, 3.63) is 72.3 Å². The van der Waals surface area contributed by atoms with E-state index in [9.17, 15) is 14.4 Å². The van der Waals surface area contributed by atoms with Crippen molar-refractivity contribution >= 4 is 29.1 Å². The van der Waals surface area contributed by atoms with Gasteiger partial charge in [-0.1, -0.05) is 48.6 Å². The molecule has 2 aliphatic rings. The van der Waals surface area contributed by atoms with Crippen molar-refractivity contribution in [1.29, 1.82) is 0 Å². The normalized spacial score (nSPS) is 21.3. The zero-order chi connectivity index (χ0) is 18.8. The lowest BCUT2D eigenvalue weighted by Gasteiger charge is -2.16. The number of hydrogen-bond acceptors (Lipinski definition) is 3. The highest BCUT2D eigenvalue weighted by atomic mass is 16.2. The third kappa shape index (κ3) is 3.40. The van der Waals surface area contributed by atoms with Gasteiger partial charge in [-0.3, -0.25) is 14.4 Å². The molecule has 136 valence electrons. The summed E-state index contributed by atoms with van der Waals surface area (Å²) in [6, 6.07) is 16.4. The van der Waals surface area contributed by atoms with Crippen LogP contribution in [0.15, 0.2) is 66.7 Å². The third-order valence-electron chi connectivity index (χ3n) is 5.10. The van der Waals surface area contributed by atoms with Crippen molar-refractivity contribution in [1.82, 2.24) is 0 Å². The smallest absolute Gasteiger partial charge is 0.238 e. The minimum absolute atomic E-state index is 0.143. The average molecular weight is 360 g/mol. The van der Waals surface area contributed by atoms with E-state index in [-0.39, 0.29) is 36.0 Å². The van der Waals surface area contributed by atoms with E-state index in [1.54, 1.807) is 24.3 Å². The first-order valence-corrected chi connectivity index (χ1v) is 9.10. The summed E-state index contributed by atoms with van der Waals surface area (Å²) in [7, 11) is 0. The maximum atomic E-state index is 12.7. The molecule has 1 heterocycles. The molecule has 3 amide bonds. The summed E-state index contributed by atoms with van der Waals surface area (Å²) in [5, 5.41) is 2.85. The number of nitrogens with zero attached hydrogens (tertiary/aromatic N) is 1. The number of fused-ring (bicyclic) bond motifs is 1. The number of hydrogen-bond donors (Lipinski definition) is 1. The van der Waals surface area contributed by atoms with Crippen LogP contribution in [0.25, 0.3) is 0 Å². The fourth-order valence-electron chi connectivity index (χ4n) is 3.76. The lowest BCUT2D eigenvalue weighted by Crippen LogP contribution is -2.31. The Hall–Kier alpha value is -3.21. The molecule has 1 aliphatic carbocycles. The van der Waals surface area contributed by atoms with Crippen LogP contribution in [0.4, 0.5) is 11.4 Å². The molecule has 0 bridgehead atoms. The molecule has 0 saturated carbocycles. The lowest BCUT2D eigenvalue weighted by molar-refractivity contribution is -0.122. The van der Waals surface area contributed by atoms with Crippen molar-refractivity contribution in [3.8, 4) is 0 Å². The molecule has 2 aromatic rings. The fourth-order valence-corrected chi connectivity index (χ4v) is 3.76. The molecule has 4 rings (SSSR count). The van der Waals surface area contributed by atoms with Gasteiger partial charge < -0.3 is 5.32 Å². The first-order valence-electron chi connectivity index (χ1n) is 9.10. The fraction of sp³-hybridized carbons (Fsp3) is 0.227. The van der Waals surface area contributed by atoms with Crippen LogP contribution in [0.1, 0.15) is 18.4 Å². The van der Waals surface area contributed by atoms with E-state index in [2.05, 4.69) is 5.32 Å². The average Bonchev–Trinajstić information content (AvgIpc) is 2.94. The van der Waals surface area contributed by atoms with Gasteiger partial charge in [0.25, 0.3) is 0 Å². The minimum atomic E-state index is -0.265. The van der Waals surface area contributed by atoms with Crippen LogP contribution in [-0.2, 0) is 20.8 Å². The third-order valence-corrected chi connectivity index (χ3v) is 5.10. The molecule has 1 saturated heterocycles. The number of rotatable bonds is 4. The number of anilines is 2. The monoisotopic (exact) mass is 360 g/mol. The van der Waals surface area contributed by atoms with Crippen LogP contribution in [0.3, 0.4) is 0 Å². The Balaban J connectivity index is 1.50. The van der Waals surface area contributed by atoms with Crippen LogP contribution in [0.2, 0.25) is 0 Å². The molecule has 1 aliphatic heterocycles. The zero-order valence-electron chi connectivity index (χ0n) is 14.8. The lowest BCUT2D eigenvalue weighted by atomic mass is 9.85. The van der Waals surface area contributed by atoms with Crippen molar-refractivity contribution in [2.45, 2.75) is 19.3 Å². The van der Waals surface area contributed by atoms with Gasteiger partial charge in [0.05, 0.1) is 23.9 Å². The zero-order valence-corrected chi connectivity index (χ0v) is 14.8. The minimum Gasteiger partial charge on any atom is -0.326 e. The summed E-state index contributed by atoms with van der Waals surface area (Å²) in [5.74, 6) is -0.975. The predicted octanol–water partition coefficient (Wildman–Crippen LogP) is 3.32. The predicted molar refractivity (Wildman–Crippen MR) is 103 cm³/mol. The molecule has 0 radical (unpaired) electrons. The summed E-state index contributed by atoms with van der Waals surface area (Å²) >= 11 is 0. The molecule has 5 heteroatoms. The number of allylic oxidation sites excluding steroid dienone is 2. The number of carbonyl (C=O) groups is 3. The van der Waals surface area contributed by atoms with Crippen molar-refractivity contribution < 1.29 is 14.4 Å². The molecule has 1 N–H and O–H groups in total. The van der Waals surface area contributed by atoms with E-state index >= 15 is 0 Å². The topological polar surface area (TPSA) is 66.5 Å². The van der Waals surface area contributed by atoms with Gasteiger partial charge in [0.15, 0.2) is 0 Å². The summed E-state index contributed by atoms with van der Waals surface area (Å²) in [6.07, 6.45) is 5.42. The maximum absolute atomic E-state index is 12.7. The van der Waals surface area contributed by atoms with Gasteiger partial charge >= 0.3 is 0 Å². The molecule has 2 aromatic carbocycles. The Kier molecular flexibility index (Phi) is 4.59. The largest absolute Gasteiger partial charge is 0.326 e.